The number of rotatable bonds is 5. The Morgan fingerprint density at radius 2 is 0.860 bits per heavy atom. The van der Waals surface area contributed by atoms with E-state index >= 15 is 0 Å². The number of hydrogen-bond acceptors (Lipinski definition) is 4. The molecule has 4 heterocycles. The van der Waals surface area contributed by atoms with Crippen molar-refractivity contribution in [2.45, 2.75) is 18.5 Å². The SMILES string of the molecule is c1ccc(C2NC(c3ccccc3)NC(c3ccc(-n4c5cc6c(cc5c5ccc7c8ccccc8oc7c54)c4ccccc4n6-c4ccccc4)cc3)N2)cc1. The van der Waals surface area contributed by atoms with E-state index in [1.54, 1.807) is 0 Å². The number of hydrogen-bond donors (Lipinski definition) is 3. The Morgan fingerprint density at radius 1 is 0.351 bits per heavy atom. The maximum atomic E-state index is 6.77. The third kappa shape index (κ3) is 5.09. The van der Waals surface area contributed by atoms with Gasteiger partial charge in [0.1, 0.15) is 5.58 Å². The molecule has 272 valence electrons. The van der Waals surface area contributed by atoms with Gasteiger partial charge in [-0.25, -0.2) is 0 Å². The third-order valence-corrected chi connectivity index (χ3v) is 11.8. The van der Waals surface area contributed by atoms with Crippen LogP contribution in [-0.2, 0) is 0 Å². The highest BCUT2D eigenvalue weighted by atomic mass is 16.3. The van der Waals surface area contributed by atoms with Crippen LogP contribution in [0.15, 0.2) is 192 Å². The molecule has 6 heteroatoms. The summed E-state index contributed by atoms with van der Waals surface area (Å²) in [5.74, 6) is 0. The molecule has 0 spiro atoms. The van der Waals surface area contributed by atoms with E-state index in [-0.39, 0.29) is 18.5 Å². The minimum atomic E-state index is -0.0999. The van der Waals surface area contributed by atoms with Crippen molar-refractivity contribution >= 4 is 65.6 Å². The van der Waals surface area contributed by atoms with Crippen LogP contribution in [0.5, 0.6) is 0 Å². The van der Waals surface area contributed by atoms with E-state index in [9.17, 15) is 0 Å². The fourth-order valence-electron chi connectivity index (χ4n) is 9.19. The number of furan rings is 1. The van der Waals surface area contributed by atoms with Gasteiger partial charge in [0, 0.05) is 43.7 Å². The number of aromatic nitrogens is 2. The van der Waals surface area contributed by atoms with Crippen molar-refractivity contribution < 1.29 is 4.42 Å². The third-order valence-electron chi connectivity index (χ3n) is 11.8. The maximum absolute atomic E-state index is 6.77. The van der Waals surface area contributed by atoms with Crippen LogP contribution < -0.4 is 16.0 Å². The summed E-state index contributed by atoms with van der Waals surface area (Å²) in [6.45, 7) is 0. The van der Waals surface area contributed by atoms with Crippen molar-refractivity contribution in [2.24, 2.45) is 0 Å². The van der Waals surface area contributed by atoms with Gasteiger partial charge < -0.3 is 13.6 Å². The Morgan fingerprint density at radius 3 is 1.54 bits per heavy atom. The van der Waals surface area contributed by atoms with Crippen molar-refractivity contribution in [3.63, 3.8) is 0 Å². The summed E-state index contributed by atoms with van der Waals surface area (Å²) >= 11 is 0. The number of para-hydroxylation sites is 3. The number of nitrogens with zero attached hydrogens (tertiary/aromatic N) is 2. The van der Waals surface area contributed by atoms with Crippen molar-refractivity contribution in [1.29, 1.82) is 0 Å². The van der Waals surface area contributed by atoms with Crippen LogP contribution in [0.2, 0.25) is 0 Å². The first-order valence-corrected chi connectivity index (χ1v) is 19.6. The minimum absolute atomic E-state index is 0.0418. The van der Waals surface area contributed by atoms with Gasteiger partial charge in [-0.2, -0.15) is 0 Å². The van der Waals surface area contributed by atoms with E-state index < -0.39 is 0 Å². The largest absolute Gasteiger partial charge is 0.454 e. The van der Waals surface area contributed by atoms with Crippen LogP contribution in [0.1, 0.15) is 35.2 Å². The fourth-order valence-corrected chi connectivity index (χ4v) is 9.19. The second kappa shape index (κ2) is 12.8. The molecule has 3 N–H and O–H groups in total. The van der Waals surface area contributed by atoms with Gasteiger partial charge in [-0.3, -0.25) is 16.0 Å². The van der Waals surface area contributed by atoms with Gasteiger partial charge >= 0.3 is 0 Å². The van der Waals surface area contributed by atoms with Crippen LogP contribution in [0.3, 0.4) is 0 Å². The van der Waals surface area contributed by atoms with Crippen LogP contribution >= 0.6 is 0 Å². The summed E-state index contributed by atoms with van der Waals surface area (Å²) in [6, 6.07) is 67.3. The van der Waals surface area contributed by atoms with E-state index in [0.29, 0.717) is 0 Å². The van der Waals surface area contributed by atoms with Gasteiger partial charge in [0.25, 0.3) is 0 Å². The lowest BCUT2D eigenvalue weighted by molar-refractivity contribution is 0.203. The highest BCUT2D eigenvalue weighted by molar-refractivity contribution is 6.24. The zero-order chi connectivity index (χ0) is 37.5. The molecule has 2 atom stereocenters. The van der Waals surface area contributed by atoms with Gasteiger partial charge in [-0.15, -0.1) is 0 Å². The lowest BCUT2D eigenvalue weighted by Gasteiger charge is -2.39. The summed E-state index contributed by atoms with van der Waals surface area (Å²) in [6.07, 6.45) is -0.184. The second-order valence-electron chi connectivity index (χ2n) is 15.1. The monoisotopic (exact) mass is 735 g/mol. The molecule has 1 aliphatic heterocycles. The van der Waals surface area contributed by atoms with Gasteiger partial charge in [0.15, 0.2) is 5.58 Å². The molecule has 3 aromatic heterocycles. The standard InChI is InChI=1S/C51H37N5O/c1-4-14-32(15-5-1)49-52-50(33-16-6-2-7-17-33)54-51(53-49)34-24-26-36(27-25-34)56-45-31-44-41(37-20-10-12-22-43(37)55(44)35-18-8-3-9-19-35)30-42(45)39-28-29-40-38-21-11-13-23-46(38)57-48(40)47(39)56/h1-31,49-54H. The summed E-state index contributed by atoms with van der Waals surface area (Å²) < 4.78 is 11.6. The quantitative estimate of drug-likeness (QED) is 0.165. The van der Waals surface area contributed by atoms with Gasteiger partial charge in [-0.1, -0.05) is 133 Å². The van der Waals surface area contributed by atoms with Crippen LogP contribution in [-0.4, -0.2) is 9.13 Å². The molecule has 57 heavy (non-hydrogen) atoms. The summed E-state index contributed by atoms with van der Waals surface area (Å²) in [7, 11) is 0. The van der Waals surface area contributed by atoms with E-state index in [4.69, 9.17) is 4.42 Å². The average molecular weight is 736 g/mol. The highest BCUT2D eigenvalue weighted by Gasteiger charge is 2.30. The summed E-state index contributed by atoms with van der Waals surface area (Å²) in [4.78, 5) is 0. The first kappa shape index (κ1) is 32.3. The molecule has 11 aromatic rings. The molecule has 1 aliphatic rings. The predicted octanol–water partition coefficient (Wildman–Crippen LogP) is 12.0. The number of benzene rings is 8. The molecule has 0 amide bonds. The van der Waals surface area contributed by atoms with E-state index in [2.05, 4.69) is 207 Å². The first-order chi connectivity index (χ1) is 28.3. The molecule has 8 aromatic carbocycles. The van der Waals surface area contributed by atoms with Gasteiger partial charge in [0.2, 0.25) is 0 Å². The zero-order valence-electron chi connectivity index (χ0n) is 30.9. The summed E-state index contributed by atoms with van der Waals surface area (Å²) in [5, 5.41) is 18.5. The Balaban J connectivity index is 1.07. The topological polar surface area (TPSA) is 59.1 Å². The van der Waals surface area contributed by atoms with E-state index in [0.717, 1.165) is 55.3 Å². The zero-order valence-corrected chi connectivity index (χ0v) is 30.9. The number of nitrogens with one attached hydrogen (secondary N) is 3. The number of fused-ring (bicyclic) bond motifs is 10. The van der Waals surface area contributed by atoms with Crippen molar-refractivity contribution in [2.75, 3.05) is 0 Å². The molecule has 2 unspecified atom stereocenters. The minimum Gasteiger partial charge on any atom is -0.454 e. The normalized spacial score (nSPS) is 17.4. The summed E-state index contributed by atoms with van der Waals surface area (Å²) in [5.41, 5.74) is 12.1. The molecule has 1 saturated heterocycles. The molecule has 0 aliphatic carbocycles. The van der Waals surface area contributed by atoms with Gasteiger partial charge in [0.05, 0.1) is 40.6 Å². The molecule has 12 rings (SSSR count). The lowest BCUT2D eigenvalue weighted by atomic mass is 10.0. The van der Waals surface area contributed by atoms with Gasteiger partial charge in [-0.05, 0) is 71.3 Å². The molecule has 1 fully saturated rings. The molecular weight excluding hydrogens is 699 g/mol. The Hall–Kier alpha value is -6.96. The van der Waals surface area contributed by atoms with Crippen LogP contribution in [0.25, 0.3) is 76.9 Å². The van der Waals surface area contributed by atoms with E-state index in [1.807, 2.05) is 6.07 Å². The van der Waals surface area contributed by atoms with Crippen molar-refractivity contribution in [3.05, 3.63) is 205 Å². The molecule has 0 saturated carbocycles. The fraction of sp³-hybridized carbons (Fsp3) is 0.0588. The molecular formula is C51H37N5O. The maximum Gasteiger partial charge on any atom is 0.160 e. The lowest BCUT2D eigenvalue weighted by Crippen LogP contribution is -2.54. The second-order valence-corrected chi connectivity index (χ2v) is 15.1. The molecule has 6 nitrogen and oxygen atoms in total. The first-order valence-electron chi connectivity index (χ1n) is 19.6. The van der Waals surface area contributed by atoms with Crippen molar-refractivity contribution in [1.82, 2.24) is 25.1 Å². The predicted molar refractivity (Wildman–Crippen MR) is 233 cm³/mol. The average Bonchev–Trinajstić information content (AvgIpc) is 3.94. The molecule has 0 radical (unpaired) electrons. The smallest absolute Gasteiger partial charge is 0.160 e. The van der Waals surface area contributed by atoms with E-state index in [1.165, 1.54) is 38.3 Å². The molecule has 0 bridgehead atoms. The highest BCUT2D eigenvalue weighted by Crippen LogP contribution is 2.43. The Kier molecular flexibility index (Phi) is 7.25. The van der Waals surface area contributed by atoms with Crippen LogP contribution in [0, 0.1) is 0 Å². The Bertz CT molecular complexity index is 3230. The Labute approximate surface area is 328 Å². The van der Waals surface area contributed by atoms with Crippen LogP contribution in [0.4, 0.5) is 0 Å². The van der Waals surface area contributed by atoms with Crippen molar-refractivity contribution in [3.8, 4) is 11.4 Å².